The quantitative estimate of drug-likeness (QED) is 0.755. The lowest BCUT2D eigenvalue weighted by Gasteiger charge is -2.05. The number of ether oxygens (including phenoxy) is 1. The Balaban J connectivity index is 1.90. The van der Waals surface area contributed by atoms with Gasteiger partial charge in [-0.2, -0.15) is 5.10 Å². The van der Waals surface area contributed by atoms with Gasteiger partial charge in [0.15, 0.2) is 5.82 Å². The normalized spacial score (nSPS) is 10.6. The molecule has 0 aliphatic heterocycles. The molecule has 1 N–H and O–H groups in total. The summed E-state index contributed by atoms with van der Waals surface area (Å²) in [6.07, 6.45) is 5.47. The van der Waals surface area contributed by atoms with Gasteiger partial charge in [-0.25, -0.2) is 9.67 Å². The van der Waals surface area contributed by atoms with E-state index in [1.807, 2.05) is 30.6 Å². The van der Waals surface area contributed by atoms with E-state index in [0.717, 1.165) is 31.1 Å². The first-order valence-corrected chi connectivity index (χ1v) is 5.55. The number of hydrogen-bond donors (Lipinski definition) is 1. The number of methoxy groups -OCH3 is 1. The van der Waals surface area contributed by atoms with Crippen molar-refractivity contribution in [3.63, 3.8) is 0 Å². The predicted octanol–water partition coefficient (Wildman–Crippen LogP) is 1.00. The number of pyridine rings is 1. The molecule has 2 aromatic rings. The van der Waals surface area contributed by atoms with Gasteiger partial charge in [-0.3, -0.25) is 0 Å². The monoisotopic (exact) mass is 232 g/mol. The molecule has 0 fully saturated rings. The molecule has 90 valence electrons. The van der Waals surface area contributed by atoms with Gasteiger partial charge in [0.1, 0.15) is 0 Å². The van der Waals surface area contributed by atoms with Crippen LogP contribution in [0.3, 0.4) is 0 Å². The number of nitrogens with zero attached hydrogens (tertiary/aromatic N) is 3. The van der Waals surface area contributed by atoms with Gasteiger partial charge >= 0.3 is 0 Å². The molecule has 5 heteroatoms. The molecule has 0 aromatic carbocycles. The molecule has 0 bridgehead atoms. The van der Waals surface area contributed by atoms with E-state index in [-0.39, 0.29) is 0 Å². The summed E-state index contributed by atoms with van der Waals surface area (Å²) in [5, 5.41) is 7.39. The van der Waals surface area contributed by atoms with E-state index in [1.54, 1.807) is 18.0 Å². The molecule has 2 rings (SSSR count). The summed E-state index contributed by atoms with van der Waals surface area (Å²) in [4.78, 5) is 4.35. The summed E-state index contributed by atoms with van der Waals surface area (Å²) in [5.74, 6) is 0.829. The summed E-state index contributed by atoms with van der Waals surface area (Å²) >= 11 is 0. The summed E-state index contributed by atoms with van der Waals surface area (Å²) in [5.41, 5.74) is 1.15. The van der Waals surface area contributed by atoms with Crippen molar-refractivity contribution < 1.29 is 4.74 Å². The maximum atomic E-state index is 4.96. The van der Waals surface area contributed by atoms with Crippen LogP contribution < -0.4 is 5.32 Å². The van der Waals surface area contributed by atoms with E-state index in [9.17, 15) is 0 Å². The second-order valence-corrected chi connectivity index (χ2v) is 3.64. The van der Waals surface area contributed by atoms with Gasteiger partial charge in [0.2, 0.25) is 0 Å². The van der Waals surface area contributed by atoms with Crippen LogP contribution in [0.25, 0.3) is 5.82 Å². The maximum absolute atomic E-state index is 4.96. The van der Waals surface area contributed by atoms with Crippen molar-refractivity contribution in [2.45, 2.75) is 6.54 Å². The zero-order valence-electron chi connectivity index (χ0n) is 9.84. The van der Waals surface area contributed by atoms with E-state index in [2.05, 4.69) is 15.4 Å². The van der Waals surface area contributed by atoms with Crippen LogP contribution in [0.5, 0.6) is 0 Å². The zero-order chi connectivity index (χ0) is 11.9. The number of rotatable bonds is 6. The Hall–Kier alpha value is -1.72. The molecule has 0 aliphatic rings. The number of hydrogen-bond acceptors (Lipinski definition) is 4. The van der Waals surface area contributed by atoms with E-state index in [1.165, 1.54) is 0 Å². The van der Waals surface area contributed by atoms with Crippen molar-refractivity contribution in [1.29, 1.82) is 0 Å². The molecule has 0 aliphatic carbocycles. The number of aromatic nitrogens is 3. The highest BCUT2D eigenvalue weighted by Gasteiger charge is 1.98. The summed E-state index contributed by atoms with van der Waals surface area (Å²) < 4.78 is 6.70. The van der Waals surface area contributed by atoms with Crippen molar-refractivity contribution >= 4 is 0 Å². The molecule has 0 spiro atoms. The second kappa shape index (κ2) is 6.12. The minimum Gasteiger partial charge on any atom is -0.383 e. The topological polar surface area (TPSA) is 52.0 Å². The first kappa shape index (κ1) is 11.8. The van der Waals surface area contributed by atoms with Crippen LogP contribution in [-0.2, 0) is 11.3 Å². The Labute approximate surface area is 100 Å². The molecule has 0 amide bonds. The van der Waals surface area contributed by atoms with Crippen LogP contribution in [0.4, 0.5) is 0 Å². The minimum absolute atomic E-state index is 0.721. The summed E-state index contributed by atoms with van der Waals surface area (Å²) in [6, 6.07) is 5.88. The van der Waals surface area contributed by atoms with Gasteiger partial charge in [0.05, 0.1) is 6.61 Å². The van der Waals surface area contributed by atoms with Crippen LogP contribution in [0.1, 0.15) is 5.56 Å². The Morgan fingerprint density at radius 1 is 1.41 bits per heavy atom. The molecule has 0 atom stereocenters. The van der Waals surface area contributed by atoms with Gasteiger partial charge in [-0.1, -0.05) is 6.07 Å². The molecule has 5 nitrogen and oxygen atoms in total. The third-order valence-corrected chi connectivity index (χ3v) is 2.36. The van der Waals surface area contributed by atoms with Crippen molar-refractivity contribution in [3.8, 4) is 5.82 Å². The standard InChI is InChI=1S/C12H16N4O/c1-17-8-6-13-9-11-3-4-12(14-10-11)16-7-2-5-15-16/h2-5,7,10,13H,6,8-9H2,1H3. The van der Waals surface area contributed by atoms with Crippen LogP contribution in [0.2, 0.25) is 0 Å². The first-order valence-electron chi connectivity index (χ1n) is 5.55. The predicted molar refractivity (Wildman–Crippen MR) is 64.9 cm³/mol. The Morgan fingerprint density at radius 2 is 2.35 bits per heavy atom. The third kappa shape index (κ3) is 3.37. The molecular weight excluding hydrogens is 216 g/mol. The lowest BCUT2D eigenvalue weighted by Crippen LogP contribution is -2.18. The zero-order valence-corrected chi connectivity index (χ0v) is 9.84. The minimum atomic E-state index is 0.721. The lowest BCUT2D eigenvalue weighted by atomic mass is 10.3. The Kier molecular flexibility index (Phi) is 4.23. The van der Waals surface area contributed by atoms with Crippen molar-refractivity contribution in [1.82, 2.24) is 20.1 Å². The SMILES string of the molecule is COCCNCc1ccc(-n2cccn2)nc1. The summed E-state index contributed by atoms with van der Waals surface area (Å²) in [6.45, 7) is 2.37. The Bertz CT molecular complexity index is 424. The molecule has 0 radical (unpaired) electrons. The third-order valence-electron chi connectivity index (χ3n) is 2.36. The molecule has 2 heterocycles. The van der Waals surface area contributed by atoms with Crippen molar-refractivity contribution in [2.24, 2.45) is 0 Å². The van der Waals surface area contributed by atoms with Gasteiger partial charge < -0.3 is 10.1 Å². The van der Waals surface area contributed by atoms with E-state index in [4.69, 9.17) is 4.74 Å². The maximum Gasteiger partial charge on any atom is 0.153 e. The fourth-order valence-corrected chi connectivity index (χ4v) is 1.47. The largest absolute Gasteiger partial charge is 0.383 e. The molecular formula is C12H16N4O. The van der Waals surface area contributed by atoms with Gasteiger partial charge in [-0.05, 0) is 17.7 Å². The molecule has 2 aromatic heterocycles. The Morgan fingerprint density at radius 3 is 3.00 bits per heavy atom. The van der Waals surface area contributed by atoms with Crippen LogP contribution in [0, 0.1) is 0 Å². The van der Waals surface area contributed by atoms with Crippen molar-refractivity contribution in [3.05, 3.63) is 42.4 Å². The smallest absolute Gasteiger partial charge is 0.153 e. The van der Waals surface area contributed by atoms with Crippen molar-refractivity contribution in [2.75, 3.05) is 20.3 Å². The molecule has 0 saturated carbocycles. The van der Waals surface area contributed by atoms with Gasteiger partial charge in [-0.15, -0.1) is 0 Å². The van der Waals surface area contributed by atoms with E-state index >= 15 is 0 Å². The molecule has 0 unspecified atom stereocenters. The van der Waals surface area contributed by atoms with Gasteiger partial charge in [0, 0.05) is 38.8 Å². The fraction of sp³-hybridized carbons (Fsp3) is 0.333. The first-order chi connectivity index (χ1) is 8.40. The van der Waals surface area contributed by atoms with E-state index < -0.39 is 0 Å². The average Bonchev–Trinajstić information content (AvgIpc) is 2.89. The van der Waals surface area contributed by atoms with Crippen LogP contribution in [-0.4, -0.2) is 35.0 Å². The highest BCUT2D eigenvalue weighted by atomic mass is 16.5. The molecule has 17 heavy (non-hydrogen) atoms. The van der Waals surface area contributed by atoms with Gasteiger partial charge in [0.25, 0.3) is 0 Å². The fourth-order valence-electron chi connectivity index (χ4n) is 1.47. The summed E-state index contributed by atoms with van der Waals surface area (Å²) in [7, 11) is 1.70. The highest BCUT2D eigenvalue weighted by molar-refractivity contribution is 5.24. The van der Waals surface area contributed by atoms with Crippen LogP contribution >= 0.6 is 0 Å². The van der Waals surface area contributed by atoms with E-state index in [0.29, 0.717) is 0 Å². The van der Waals surface area contributed by atoms with Crippen LogP contribution in [0.15, 0.2) is 36.8 Å². The average molecular weight is 232 g/mol. The second-order valence-electron chi connectivity index (χ2n) is 3.64. The molecule has 0 saturated heterocycles. The highest BCUT2D eigenvalue weighted by Crippen LogP contribution is 2.04. The lowest BCUT2D eigenvalue weighted by molar-refractivity contribution is 0.199. The number of nitrogens with one attached hydrogen (secondary N) is 1.